The molecular formula is C30H34ClFN2O4S. The number of sulfonamides is 1. The summed E-state index contributed by atoms with van der Waals surface area (Å²) >= 11 is 6.11. The van der Waals surface area contributed by atoms with Gasteiger partial charge in [0.25, 0.3) is 10.0 Å². The normalized spacial score (nSPS) is 22.9. The molecule has 1 N–H and O–H groups in total. The number of likely N-dealkylation sites (tertiary alicyclic amines) is 1. The zero-order chi connectivity index (χ0) is 27.6. The van der Waals surface area contributed by atoms with Crippen molar-refractivity contribution >= 4 is 27.3 Å². The summed E-state index contributed by atoms with van der Waals surface area (Å²) in [6.45, 7) is 1.28. The summed E-state index contributed by atoms with van der Waals surface area (Å²) < 4.78 is 48.3. The van der Waals surface area contributed by atoms with E-state index < -0.39 is 21.4 Å². The second kappa shape index (κ2) is 11.5. The highest BCUT2D eigenvalue weighted by molar-refractivity contribution is 7.92. The second-order valence-corrected chi connectivity index (χ2v) is 12.7. The van der Waals surface area contributed by atoms with Crippen LogP contribution in [0.5, 0.6) is 5.75 Å². The van der Waals surface area contributed by atoms with Gasteiger partial charge in [0.2, 0.25) is 0 Å². The Morgan fingerprint density at radius 3 is 2.21 bits per heavy atom. The summed E-state index contributed by atoms with van der Waals surface area (Å²) in [5.41, 5.74) is 0.316. The molecule has 2 aliphatic rings. The summed E-state index contributed by atoms with van der Waals surface area (Å²) in [6.07, 6.45) is 4.70. The molecule has 1 heterocycles. The van der Waals surface area contributed by atoms with Crippen LogP contribution in [0.15, 0.2) is 77.7 Å². The first kappa shape index (κ1) is 27.9. The molecule has 3 aromatic carbocycles. The van der Waals surface area contributed by atoms with Gasteiger partial charge in [0.15, 0.2) is 0 Å². The molecule has 208 valence electrons. The van der Waals surface area contributed by atoms with E-state index in [-0.39, 0.29) is 17.0 Å². The Kier molecular flexibility index (Phi) is 8.19. The van der Waals surface area contributed by atoms with Gasteiger partial charge in [-0.05, 0) is 91.9 Å². The molecule has 0 amide bonds. The highest BCUT2D eigenvalue weighted by atomic mass is 35.5. The number of aliphatic hydroxyl groups is 1. The van der Waals surface area contributed by atoms with Gasteiger partial charge in [-0.1, -0.05) is 36.6 Å². The number of nitrogens with zero attached hydrogens (tertiary/aromatic N) is 2. The number of hydrogen-bond donors (Lipinski definition) is 1. The number of benzene rings is 3. The molecule has 6 nitrogen and oxygen atoms in total. The zero-order valence-corrected chi connectivity index (χ0v) is 23.5. The van der Waals surface area contributed by atoms with Crippen molar-refractivity contribution in [3.63, 3.8) is 0 Å². The molecule has 2 atom stereocenters. The van der Waals surface area contributed by atoms with E-state index in [1.54, 1.807) is 12.1 Å². The second-order valence-electron chi connectivity index (χ2n) is 10.4. The summed E-state index contributed by atoms with van der Waals surface area (Å²) in [5, 5.41) is 12.5. The van der Waals surface area contributed by atoms with Gasteiger partial charge >= 0.3 is 0 Å². The minimum absolute atomic E-state index is 0.0640. The Bertz CT molecular complexity index is 1360. The predicted octanol–water partition coefficient (Wildman–Crippen LogP) is 5.98. The maximum absolute atomic E-state index is 13.9. The number of hydrogen-bond acceptors (Lipinski definition) is 5. The Morgan fingerprint density at radius 1 is 0.949 bits per heavy atom. The molecule has 39 heavy (non-hydrogen) atoms. The molecule has 1 saturated carbocycles. The van der Waals surface area contributed by atoms with Crippen LogP contribution in [0, 0.1) is 5.82 Å². The number of methoxy groups -OCH3 is 1. The van der Waals surface area contributed by atoms with Crippen molar-refractivity contribution < 1.29 is 22.7 Å². The van der Waals surface area contributed by atoms with E-state index in [2.05, 4.69) is 4.90 Å². The van der Waals surface area contributed by atoms with Gasteiger partial charge in [-0.3, -0.25) is 9.21 Å². The lowest BCUT2D eigenvalue weighted by atomic mass is 9.74. The van der Waals surface area contributed by atoms with E-state index in [9.17, 15) is 17.9 Å². The van der Waals surface area contributed by atoms with Gasteiger partial charge in [-0.25, -0.2) is 12.8 Å². The van der Waals surface area contributed by atoms with E-state index in [4.69, 9.17) is 16.3 Å². The van der Waals surface area contributed by atoms with E-state index >= 15 is 0 Å². The van der Waals surface area contributed by atoms with Crippen molar-refractivity contribution in [3.8, 4) is 5.75 Å². The first-order chi connectivity index (χ1) is 18.7. The molecule has 0 spiro atoms. The van der Waals surface area contributed by atoms with Crippen molar-refractivity contribution in [1.29, 1.82) is 0 Å². The van der Waals surface area contributed by atoms with Crippen molar-refractivity contribution in [3.05, 3.63) is 89.2 Å². The van der Waals surface area contributed by atoms with Crippen LogP contribution in [-0.2, 0) is 15.6 Å². The van der Waals surface area contributed by atoms with Crippen molar-refractivity contribution in [2.45, 2.75) is 61.1 Å². The van der Waals surface area contributed by atoms with Gasteiger partial charge in [-0.15, -0.1) is 0 Å². The first-order valence-corrected chi connectivity index (χ1v) is 15.2. The van der Waals surface area contributed by atoms with Gasteiger partial charge in [0.05, 0.1) is 17.7 Å². The summed E-state index contributed by atoms with van der Waals surface area (Å²) in [6, 6.07) is 19.0. The van der Waals surface area contributed by atoms with Crippen LogP contribution in [0.2, 0.25) is 5.02 Å². The Balaban J connectivity index is 1.40. The summed E-state index contributed by atoms with van der Waals surface area (Å²) in [4.78, 5) is 2.46. The largest absolute Gasteiger partial charge is 0.497 e. The fourth-order valence-electron chi connectivity index (χ4n) is 6.12. The number of ether oxygens (including phenoxy) is 1. The predicted molar refractivity (Wildman–Crippen MR) is 151 cm³/mol. The van der Waals surface area contributed by atoms with E-state index in [1.807, 2.05) is 24.3 Å². The van der Waals surface area contributed by atoms with Crippen LogP contribution in [-0.4, -0.2) is 50.7 Å². The third-order valence-electron chi connectivity index (χ3n) is 8.15. The Hall–Kier alpha value is -2.65. The van der Waals surface area contributed by atoms with E-state index in [0.29, 0.717) is 48.8 Å². The maximum atomic E-state index is 13.9. The third kappa shape index (κ3) is 5.66. The molecule has 9 heteroatoms. The van der Waals surface area contributed by atoms with Gasteiger partial charge < -0.3 is 9.84 Å². The highest BCUT2D eigenvalue weighted by Gasteiger charge is 2.45. The smallest absolute Gasteiger partial charge is 0.264 e. The topological polar surface area (TPSA) is 70.1 Å². The average molecular weight is 573 g/mol. The fraction of sp³-hybridized carbons (Fsp3) is 0.400. The van der Waals surface area contributed by atoms with Crippen molar-refractivity contribution in [1.82, 2.24) is 4.90 Å². The minimum Gasteiger partial charge on any atom is -0.497 e. The molecular weight excluding hydrogens is 539 g/mol. The van der Waals surface area contributed by atoms with Gasteiger partial charge in [-0.2, -0.15) is 0 Å². The fourth-order valence-corrected chi connectivity index (χ4v) is 7.96. The standard InChI is InChI=1S/C30H34ClFN2O4S/c1-38-27-13-15-28(16-14-27)39(36,37)34(25-11-9-24(32)10-12-25)26-17-20-33(21-18-26)29-4-2-3-19-30(29,35)22-5-7-23(31)8-6-22/h5-16,26,29,35H,2-4,17-21H2,1H3/t29-,30+/m1/s1. The lowest BCUT2D eigenvalue weighted by Gasteiger charge is -2.49. The quantitative estimate of drug-likeness (QED) is 0.377. The summed E-state index contributed by atoms with van der Waals surface area (Å²) in [5.74, 6) is 0.144. The highest BCUT2D eigenvalue weighted by Crippen LogP contribution is 2.42. The molecule has 0 bridgehead atoms. The first-order valence-electron chi connectivity index (χ1n) is 13.4. The molecule has 0 unspecified atom stereocenters. The number of halogens is 2. The van der Waals surface area contributed by atoms with E-state index in [1.165, 1.54) is 47.8 Å². The minimum atomic E-state index is -3.93. The van der Waals surface area contributed by atoms with Crippen LogP contribution >= 0.6 is 11.6 Å². The lowest BCUT2D eigenvalue weighted by Crippen LogP contribution is -2.57. The molecule has 5 rings (SSSR count). The van der Waals surface area contributed by atoms with Crippen LogP contribution in [0.4, 0.5) is 10.1 Å². The third-order valence-corrected chi connectivity index (χ3v) is 10.3. The molecule has 0 aromatic heterocycles. The molecule has 2 fully saturated rings. The number of anilines is 1. The molecule has 1 saturated heterocycles. The molecule has 1 aliphatic carbocycles. The monoisotopic (exact) mass is 572 g/mol. The van der Waals surface area contributed by atoms with Crippen LogP contribution in [0.1, 0.15) is 44.1 Å². The average Bonchev–Trinajstić information content (AvgIpc) is 2.95. The SMILES string of the molecule is COc1ccc(S(=O)(=O)N(c2ccc(F)cc2)C2CCN([C@@H]3CCCC[C@]3(O)c3ccc(Cl)cc3)CC2)cc1. The maximum Gasteiger partial charge on any atom is 0.264 e. The zero-order valence-electron chi connectivity index (χ0n) is 22.0. The Morgan fingerprint density at radius 2 is 1.59 bits per heavy atom. The van der Waals surface area contributed by atoms with Crippen LogP contribution in [0.25, 0.3) is 0 Å². The van der Waals surface area contributed by atoms with Gasteiger partial charge in [0, 0.05) is 30.2 Å². The van der Waals surface area contributed by atoms with E-state index in [0.717, 1.165) is 24.8 Å². The van der Waals surface area contributed by atoms with Gasteiger partial charge in [0.1, 0.15) is 17.2 Å². The lowest BCUT2D eigenvalue weighted by molar-refractivity contribution is -0.0849. The molecule has 1 aliphatic heterocycles. The number of piperidine rings is 1. The Labute approximate surface area is 235 Å². The molecule has 0 radical (unpaired) electrons. The van der Waals surface area contributed by atoms with Crippen molar-refractivity contribution in [2.24, 2.45) is 0 Å². The van der Waals surface area contributed by atoms with Crippen LogP contribution in [0.3, 0.4) is 0 Å². The van der Waals surface area contributed by atoms with Crippen molar-refractivity contribution in [2.75, 3.05) is 24.5 Å². The molecule has 3 aromatic rings. The number of rotatable bonds is 7. The summed E-state index contributed by atoms with van der Waals surface area (Å²) in [7, 11) is -2.40. The van der Waals surface area contributed by atoms with Crippen LogP contribution < -0.4 is 9.04 Å².